The van der Waals surface area contributed by atoms with E-state index in [9.17, 15) is 4.79 Å². The lowest BCUT2D eigenvalue weighted by Crippen LogP contribution is -2.26. The van der Waals surface area contributed by atoms with E-state index in [1.807, 2.05) is 68.4 Å². The minimum Gasteiger partial charge on any atom is -0.493 e. The molecule has 2 aromatic carbocycles. The van der Waals surface area contributed by atoms with E-state index in [2.05, 4.69) is 10.1 Å². The van der Waals surface area contributed by atoms with E-state index in [0.717, 1.165) is 28.3 Å². The third-order valence-corrected chi connectivity index (χ3v) is 5.44. The molecule has 0 saturated carbocycles. The number of rotatable bonds is 11. The maximum absolute atomic E-state index is 12.2. The minimum atomic E-state index is -0.352. The van der Waals surface area contributed by atoms with Crippen LogP contribution in [-0.4, -0.2) is 38.0 Å². The summed E-state index contributed by atoms with van der Waals surface area (Å²) in [4.78, 5) is 21.6. The molecule has 3 rings (SSSR count). The number of methoxy groups -OCH3 is 1. The molecule has 0 radical (unpaired) electrons. The van der Waals surface area contributed by atoms with E-state index in [4.69, 9.17) is 18.7 Å². The molecule has 0 spiro atoms. The van der Waals surface area contributed by atoms with Gasteiger partial charge in [-0.2, -0.15) is 0 Å². The molecule has 174 valence electrons. The van der Waals surface area contributed by atoms with E-state index >= 15 is 0 Å². The fourth-order valence-electron chi connectivity index (χ4n) is 3.50. The minimum absolute atomic E-state index is 0.125. The molecule has 0 fully saturated rings. The molecule has 0 N–H and O–H groups in total. The van der Waals surface area contributed by atoms with Gasteiger partial charge in [0.05, 0.1) is 25.3 Å². The highest BCUT2D eigenvalue weighted by molar-refractivity contribution is 5.78. The Morgan fingerprint density at radius 3 is 2.52 bits per heavy atom. The number of hydrogen-bond acceptors (Lipinski definition) is 7. The third kappa shape index (κ3) is 6.68. The van der Waals surface area contributed by atoms with Gasteiger partial charge in [-0.3, -0.25) is 4.79 Å². The Hall–Kier alpha value is -3.61. The number of oxazole rings is 1. The molecule has 7 heteroatoms. The van der Waals surface area contributed by atoms with Crippen LogP contribution in [0.1, 0.15) is 23.9 Å². The van der Waals surface area contributed by atoms with Crippen molar-refractivity contribution in [3.63, 3.8) is 0 Å². The van der Waals surface area contributed by atoms with Crippen molar-refractivity contribution in [3.8, 4) is 17.2 Å². The van der Waals surface area contributed by atoms with Crippen LogP contribution in [0.3, 0.4) is 0 Å². The molecule has 0 aliphatic carbocycles. The van der Waals surface area contributed by atoms with Gasteiger partial charge in [0.15, 0.2) is 0 Å². The maximum atomic E-state index is 12.2. The molecular formula is C26H30N2O5. The van der Waals surface area contributed by atoms with E-state index in [-0.39, 0.29) is 17.8 Å². The van der Waals surface area contributed by atoms with E-state index < -0.39 is 0 Å². The summed E-state index contributed by atoms with van der Waals surface area (Å²) in [5.41, 5.74) is 2.85. The zero-order valence-corrected chi connectivity index (χ0v) is 19.5. The summed E-state index contributed by atoms with van der Waals surface area (Å²) >= 11 is 0. The van der Waals surface area contributed by atoms with Gasteiger partial charge in [-0.25, -0.2) is 4.98 Å². The quantitative estimate of drug-likeness (QED) is 0.235. The van der Waals surface area contributed by atoms with Gasteiger partial charge in [-0.05, 0) is 43.2 Å². The predicted octanol–water partition coefficient (Wildman–Crippen LogP) is 4.87. The second-order valence-corrected chi connectivity index (χ2v) is 7.76. The summed E-state index contributed by atoms with van der Waals surface area (Å²) in [6.45, 7) is 4.31. The Morgan fingerprint density at radius 1 is 1.12 bits per heavy atom. The molecule has 0 saturated heterocycles. The van der Waals surface area contributed by atoms with Gasteiger partial charge in [0.25, 0.3) is 0 Å². The van der Waals surface area contributed by atoms with Crippen LogP contribution in [-0.2, 0) is 27.2 Å². The first-order valence-electron chi connectivity index (χ1n) is 10.9. The molecule has 0 aliphatic heterocycles. The molecule has 0 bridgehead atoms. The number of ether oxygens (including phenoxy) is 2. The van der Waals surface area contributed by atoms with Crippen molar-refractivity contribution in [2.45, 2.75) is 26.7 Å². The zero-order valence-electron chi connectivity index (χ0n) is 19.5. The van der Waals surface area contributed by atoms with Crippen molar-refractivity contribution in [1.29, 1.82) is 0 Å². The van der Waals surface area contributed by atoms with Crippen LogP contribution in [0.2, 0.25) is 0 Å². The summed E-state index contributed by atoms with van der Waals surface area (Å²) in [5, 5.41) is 3.78. The molecule has 7 nitrogen and oxygen atoms in total. The van der Waals surface area contributed by atoms with Crippen LogP contribution < -0.4 is 4.74 Å². The number of oxime groups is 1. The van der Waals surface area contributed by atoms with Gasteiger partial charge < -0.3 is 18.7 Å². The van der Waals surface area contributed by atoms with E-state index in [0.29, 0.717) is 25.3 Å². The summed E-state index contributed by atoms with van der Waals surface area (Å²) in [7, 11) is 2.87. The monoisotopic (exact) mass is 450 g/mol. The first-order chi connectivity index (χ1) is 16.0. The van der Waals surface area contributed by atoms with E-state index in [1.54, 1.807) is 6.21 Å². The Labute approximate surface area is 194 Å². The largest absolute Gasteiger partial charge is 0.493 e. The summed E-state index contributed by atoms with van der Waals surface area (Å²) < 4.78 is 16.7. The van der Waals surface area contributed by atoms with Gasteiger partial charge in [-0.15, -0.1) is 0 Å². The highest BCUT2D eigenvalue weighted by Gasteiger charge is 2.25. The van der Waals surface area contributed by atoms with Crippen molar-refractivity contribution in [1.82, 2.24) is 4.98 Å². The number of esters is 1. The average molecular weight is 451 g/mol. The van der Waals surface area contributed by atoms with Crippen LogP contribution in [0, 0.1) is 18.8 Å². The second-order valence-electron chi connectivity index (χ2n) is 7.76. The second kappa shape index (κ2) is 11.9. The van der Waals surface area contributed by atoms with Crippen molar-refractivity contribution in [3.05, 3.63) is 71.6 Å². The molecular weight excluding hydrogens is 420 g/mol. The summed E-state index contributed by atoms with van der Waals surface area (Å²) in [6.07, 6.45) is 2.79. The first kappa shape index (κ1) is 24.0. The molecule has 2 atom stereocenters. The molecule has 1 aromatic heterocycles. The normalized spacial score (nSPS) is 13.0. The molecule has 3 aromatic rings. The van der Waals surface area contributed by atoms with Crippen molar-refractivity contribution < 1.29 is 23.5 Å². The Balaban J connectivity index is 1.56. The van der Waals surface area contributed by atoms with Gasteiger partial charge >= 0.3 is 5.97 Å². The fraction of sp³-hybridized carbons (Fsp3) is 0.346. The number of carbonyl (C=O) groups excluding carboxylic acids is 1. The molecule has 0 aliphatic rings. The molecule has 1 heterocycles. The summed E-state index contributed by atoms with van der Waals surface area (Å²) in [5.74, 6) is 1.43. The van der Waals surface area contributed by atoms with Crippen molar-refractivity contribution in [2.24, 2.45) is 17.0 Å². The van der Waals surface area contributed by atoms with Crippen molar-refractivity contribution >= 4 is 12.2 Å². The number of aryl methyl sites for hydroxylation is 1. The lowest BCUT2D eigenvalue weighted by Gasteiger charge is -2.18. The van der Waals surface area contributed by atoms with Gasteiger partial charge in [0.1, 0.15) is 18.6 Å². The topological polar surface area (TPSA) is 83.2 Å². The molecule has 33 heavy (non-hydrogen) atoms. The van der Waals surface area contributed by atoms with Gasteiger partial charge in [-0.1, -0.05) is 42.4 Å². The Morgan fingerprint density at radius 2 is 1.85 bits per heavy atom. The number of benzene rings is 2. The van der Waals surface area contributed by atoms with Crippen LogP contribution in [0.4, 0.5) is 0 Å². The third-order valence-electron chi connectivity index (χ3n) is 5.44. The number of nitrogens with zero attached hydrogens (tertiary/aromatic N) is 2. The number of hydrogen-bond donors (Lipinski definition) is 0. The van der Waals surface area contributed by atoms with Crippen LogP contribution in [0.25, 0.3) is 11.5 Å². The zero-order chi connectivity index (χ0) is 23.6. The SMILES string of the molecule is CO/N=C/C(C)C(Cc1ccc(OCCc2nc(-c3ccccc3)oc2C)cc1)C(=O)OC. The van der Waals surface area contributed by atoms with Gasteiger partial charge in [0, 0.05) is 24.1 Å². The highest BCUT2D eigenvalue weighted by Crippen LogP contribution is 2.23. The van der Waals surface area contributed by atoms with Crippen LogP contribution in [0.15, 0.2) is 64.2 Å². The average Bonchev–Trinajstić information content (AvgIpc) is 3.22. The fourth-order valence-corrected chi connectivity index (χ4v) is 3.50. The van der Waals surface area contributed by atoms with Crippen LogP contribution >= 0.6 is 0 Å². The standard InChI is InChI=1S/C26H30N2O5/c1-18(17-27-31-4)23(26(29)30-3)16-20-10-12-22(13-11-20)32-15-14-24-19(2)33-25(28-24)21-8-6-5-7-9-21/h5-13,17-18,23H,14-16H2,1-4H3/b27-17+. The van der Waals surface area contributed by atoms with Crippen LogP contribution in [0.5, 0.6) is 5.75 Å². The number of aromatic nitrogens is 1. The predicted molar refractivity (Wildman–Crippen MR) is 126 cm³/mol. The van der Waals surface area contributed by atoms with Gasteiger partial charge in [0.2, 0.25) is 5.89 Å². The smallest absolute Gasteiger partial charge is 0.309 e. The Kier molecular flexibility index (Phi) is 8.63. The lowest BCUT2D eigenvalue weighted by atomic mass is 9.88. The highest BCUT2D eigenvalue weighted by atomic mass is 16.6. The molecule has 0 amide bonds. The lowest BCUT2D eigenvalue weighted by molar-refractivity contribution is -0.146. The van der Waals surface area contributed by atoms with E-state index in [1.165, 1.54) is 14.2 Å². The summed E-state index contributed by atoms with van der Waals surface area (Å²) in [6, 6.07) is 17.6. The number of carbonyl (C=O) groups is 1. The maximum Gasteiger partial charge on any atom is 0.309 e. The first-order valence-corrected chi connectivity index (χ1v) is 10.9. The molecule has 2 unspecified atom stereocenters. The Bertz CT molecular complexity index is 1040. The van der Waals surface area contributed by atoms with Crippen molar-refractivity contribution in [2.75, 3.05) is 20.8 Å².